The molecule has 0 aliphatic heterocycles. The lowest BCUT2D eigenvalue weighted by Crippen LogP contribution is -2.28. The van der Waals surface area contributed by atoms with Crippen LogP contribution in [0.1, 0.15) is 35.8 Å². The average Bonchev–Trinajstić information content (AvgIpc) is 2.65. The number of aromatic nitrogens is 1. The number of hydrogen-bond donors (Lipinski definition) is 2. The van der Waals surface area contributed by atoms with Crippen LogP contribution in [0.5, 0.6) is 0 Å². The number of sulfonamides is 1. The third-order valence-electron chi connectivity index (χ3n) is 4.17. The smallest absolute Gasteiger partial charge is 0.272 e. The zero-order valence-corrected chi connectivity index (χ0v) is 16.5. The minimum atomic E-state index is -3.67. The van der Waals surface area contributed by atoms with Gasteiger partial charge in [-0.3, -0.25) is 9.78 Å². The normalized spacial score (nSPS) is 11.2. The van der Waals surface area contributed by atoms with Gasteiger partial charge >= 0.3 is 0 Å². The van der Waals surface area contributed by atoms with E-state index < -0.39 is 10.0 Å². The van der Waals surface area contributed by atoms with Crippen molar-refractivity contribution in [2.75, 3.05) is 25.5 Å². The van der Waals surface area contributed by atoms with Crippen LogP contribution in [0, 0.1) is 0 Å². The predicted octanol–water partition coefficient (Wildman–Crippen LogP) is 2.26. The lowest BCUT2D eigenvalue weighted by Gasteiger charge is -2.16. The van der Waals surface area contributed by atoms with E-state index in [4.69, 9.17) is 5.14 Å². The van der Waals surface area contributed by atoms with Gasteiger partial charge in [0.2, 0.25) is 10.0 Å². The fraction of sp³-hybridized carbons (Fsp3) is 0.368. The number of rotatable bonds is 9. The molecule has 7 nitrogen and oxygen atoms in total. The topological polar surface area (TPSA) is 105 Å². The maximum atomic E-state index is 12.4. The van der Waals surface area contributed by atoms with Gasteiger partial charge in [0, 0.05) is 32.0 Å². The number of primary sulfonamides is 1. The fourth-order valence-corrected chi connectivity index (χ4v) is 3.06. The van der Waals surface area contributed by atoms with E-state index in [-0.39, 0.29) is 10.8 Å². The Labute approximate surface area is 160 Å². The zero-order valence-electron chi connectivity index (χ0n) is 15.7. The number of carbonyl (C=O) groups is 1. The molecule has 146 valence electrons. The summed E-state index contributed by atoms with van der Waals surface area (Å²) in [4.78, 5) is 18.3. The van der Waals surface area contributed by atoms with Crippen molar-refractivity contribution in [1.82, 2.24) is 9.88 Å². The van der Waals surface area contributed by atoms with Crippen molar-refractivity contribution in [1.29, 1.82) is 0 Å². The molecule has 0 unspecified atom stereocenters. The van der Waals surface area contributed by atoms with Gasteiger partial charge in [0.25, 0.3) is 5.91 Å². The SMILES string of the molecule is CCCCN(C)C(=O)c1cc(NCCc2ccc(S(N)(=O)=O)cc2)ccn1. The summed E-state index contributed by atoms with van der Waals surface area (Å²) in [5.74, 6) is -0.0920. The maximum absolute atomic E-state index is 12.4. The minimum Gasteiger partial charge on any atom is -0.385 e. The first-order chi connectivity index (χ1) is 12.8. The van der Waals surface area contributed by atoms with E-state index in [1.54, 1.807) is 36.3 Å². The number of pyridine rings is 1. The van der Waals surface area contributed by atoms with Crippen LogP contribution < -0.4 is 10.5 Å². The highest BCUT2D eigenvalue weighted by molar-refractivity contribution is 7.89. The predicted molar refractivity (Wildman–Crippen MR) is 106 cm³/mol. The largest absolute Gasteiger partial charge is 0.385 e. The van der Waals surface area contributed by atoms with Crippen LogP contribution in [0.25, 0.3) is 0 Å². The summed E-state index contributed by atoms with van der Waals surface area (Å²) < 4.78 is 22.5. The molecule has 0 aliphatic carbocycles. The second-order valence-corrected chi connectivity index (χ2v) is 7.94. The standard InChI is InChI=1S/C19H26N4O3S/c1-3-4-13-23(2)19(24)18-14-16(10-12-22-18)21-11-9-15-5-7-17(8-6-15)27(20,25)26/h5-8,10,12,14H,3-4,9,11,13H2,1-2H3,(H,21,22)(H2,20,25,26). The van der Waals surface area contributed by atoms with Gasteiger partial charge in [-0.2, -0.15) is 0 Å². The van der Waals surface area contributed by atoms with Crippen molar-refractivity contribution in [3.8, 4) is 0 Å². The maximum Gasteiger partial charge on any atom is 0.272 e. The molecule has 0 atom stereocenters. The molecule has 0 saturated heterocycles. The summed E-state index contributed by atoms with van der Waals surface area (Å²) in [5.41, 5.74) is 2.22. The summed E-state index contributed by atoms with van der Waals surface area (Å²) in [6.07, 6.45) is 4.31. The van der Waals surface area contributed by atoms with Gasteiger partial charge in [0.05, 0.1) is 4.90 Å². The quantitative estimate of drug-likeness (QED) is 0.683. The zero-order chi connectivity index (χ0) is 19.9. The van der Waals surface area contributed by atoms with Crippen LogP contribution in [0.4, 0.5) is 5.69 Å². The van der Waals surface area contributed by atoms with Crippen molar-refractivity contribution >= 4 is 21.6 Å². The molecule has 0 radical (unpaired) electrons. The molecule has 1 aromatic carbocycles. The summed E-state index contributed by atoms with van der Waals surface area (Å²) in [6.45, 7) is 3.44. The molecule has 3 N–H and O–H groups in total. The van der Waals surface area contributed by atoms with Crippen molar-refractivity contribution in [3.05, 3.63) is 53.9 Å². The molecule has 2 rings (SSSR count). The Morgan fingerprint density at radius 2 is 1.93 bits per heavy atom. The molecule has 0 spiro atoms. The Balaban J connectivity index is 1.92. The van der Waals surface area contributed by atoms with Gasteiger partial charge in [-0.1, -0.05) is 25.5 Å². The van der Waals surface area contributed by atoms with Crippen LogP contribution in [-0.2, 0) is 16.4 Å². The Kier molecular flexibility index (Phi) is 7.32. The van der Waals surface area contributed by atoms with E-state index in [9.17, 15) is 13.2 Å². The Morgan fingerprint density at radius 3 is 2.56 bits per heavy atom. The van der Waals surface area contributed by atoms with Gasteiger partial charge < -0.3 is 10.2 Å². The first-order valence-electron chi connectivity index (χ1n) is 8.88. The molecular weight excluding hydrogens is 364 g/mol. The van der Waals surface area contributed by atoms with E-state index in [1.165, 1.54) is 12.1 Å². The first kappa shape index (κ1) is 20.9. The number of carbonyl (C=O) groups excluding carboxylic acids is 1. The highest BCUT2D eigenvalue weighted by atomic mass is 32.2. The van der Waals surface area contributed by atoms with Crippen LogP contribution in [0.3, 0.4) is 0 Å². The van der Waals surface area contributed by atoms with Gasteiger partial charge in [-0.05, 0) is 42.7 Å². The van der Waals surface area contributed by atoms with Crippen molar-refractivity contribution in [3.63, 3.8) is 0 Å². The van der Waals surface area contributed by atoms with E-state index >= 15 is 0 Å². The van der Waals surface area contributed by atoms with Gasteiger partial charge in [-0.25, -0.2) is 13.6 Å². The number of nitrogens with one attached hydrogen (secondary N) is 1. The van der Waals surface area contributed by atoms with Crippen molar-refractivity contribution < 1.29 is 13.2 Å². The van der Waals surface area contributed by atoms with Crippen molar-refractivity contribution in [2.24, 2.45) is 5.14 Å². The third kappa shape index (κ3) is 6.33. The molecule has 27 heavy (non-hydrogen) atoms. The Hall–Kier alpha value is -2.45. The highest BCUT2D eigenvalue weighted by Gasteiger charge is 2.13. The lowest BCUT2D eigenvalue weighted by atomic mass is 10.1. The molecule has 1 aromatic heterocycles. The highest BCUT2D eigenvalue weighted by Crippen LogP contribution is 2.12. The van der Waals surface area contributed by atoms with Crippen LogP contribution in [-0.4, -0.2) is 44.3 Å². The molecule has 1 heterocycles. The third-order valence-corrected chi connectivity index (χ3v) is 5.10. The Bertz CT molecular complexity index is 867. The number of anilines is 1. The van der Waals surface area contributed by atoms with Crippen LogP contribution >= 0.6 is 0 Å². The molecule has 0 bridgehead atoms. The van der Waals surface area contributed by atoms with Gasteiger partial charge in [0.1, 0.15) is 5.69 Å². The molecule has 0 saturated carbocycles. The number of benzene rings is 1. The van der Waals surface area contributed by atoms with E-state index in [1.807, 2.05) is 6.07 Å². The Morgan fingerprint density at radius 1 is 1.22 bits per heavy atom. The minimum absolute atomic E-state index is 0.0920. The van der Waals surface area contributed by atoms with Gasteiger partial charge in [0.15, 0.2) is 0 Å². The second-order valence-electron chi connectivity index (χ2n) is 6.38. The molecule has 8 heteroatoms. The lowest BCUT2D eigenvalue weighted by molar-refractivity contribution is 0.0787. The number of amides is 1. The number of unbranched alkanes of at least 4 members (excludes halogenated alkanes) is 1. The number of hydrogen-bond acceptors (Lipinski definition) is 5. The molecule has 0 fully saturated rings. The summed E-state index contributed by atoms with van der Waals surface area (Å²) in [7, 11) is -1.88. The second kappa shape index (κ2) is 9.48. The molecule has 1 amide bonds. The number of nitrogens with zero attached hydrogens (tertiary/aromatic N) is 2. The summed E-state index contributed by atoms with van der Waals surface area (Å²) in [6, 6.07) is 10.0. The fourth-order valence-electron chi connectivity index (χ4n) is 2.55. The van der Waals surface area contributed by atoms with E-state index in [0.29, 0.717) is 25.2 Å². The summed E-state index contributed by atoms with van der Waals surface area (Å²) >= 11 is 0. The average molecular weight is 391 g/mol. The van der Waals surface area contributed by atoms with Crippen LogP contribution in [0.2, 0.25) is 0 Å². The number of nitrogens with two attached hydrogens (primary N) is 1. The van der Waals surface area contributed by atoms with Crippen molar-refractivity contribution in [2.45, 2.75) is 31.1 Å². The van der Waals surface area contributed by atoms with E-state index in [0.717, 1.165) is 24.1 Å². The summed E-state index contributed by atoms with van der Waals surface area (Å²) in [5, 5.41) is 8.35. The molecule has 2 aromatic rings. The van der Waals surface area contributed by atoms with E-state index in [2.05, 4.69) is 17.2 Å². The van der Waals surface area contributed by atoms with Crippen LogP contribution in [0.15, 0.2) is 47.5 Å². The first-order valence-corrected chi connectivity index (χ1v) is 10.4. The molecule has 0 aliphatic rings. The monoisotopic (exact) mass is 390 g/mol. The van der Waals surface area contributed by atoms with Gasteiger partial charge in [-0.15, -0.1) is 0 Å². The molecular formula is C19H26N4O3S.